The Labute approximate surface area is 159 Å². The van der Waals surface area contributed by atoms with Gasteiger partial charge in [-0.3, -0.25) is 9.59 Å². The van der Waals surface area contributed by atoms with Gasteiger partial charge in [-0.25, -0.2) is 0 Å². The summed E-state index contributed by atoms with van der Waals surface area (Å²) in [6, 6.07) is 17.3. The van der Waals surface area contributed by atoms with E-state index >= 15 is 0 Å². The smallest absolute Gasteiger partial charge is 0.272 e. The lowest BCUT2D eigenvalue weighted by molar-refractivity contribution is -0.130. The monoisotopic (exact) mass is 363 g/mol. The Morgan fingerprint density at radius 3 is 2.30 bits per heavy atom. The minimum Gasteiger partial charge on any atom is -0.343 e. The van der Waals surface area contributed by atoms with Crippen molar-refractivity contribution in [2.75, 3.05) is 18.4 Å². The van der Waals surface area contributed by atoms with E-state index in [2.05, 4.69) is 5.32 Å². The molecule has 0 saturated carbocycles. The number of nitrogens with zero attached hydrogens (tertiary/aromatic N) is 2. The van der Waals surface area contributed by atoms with E-state index in [4.69, 9.17) is 0 Å². The van der Waals surface area contributed by atoms with Crippen molar-refractivity contribution in [2.45, 2.75) is 20.3 Å². The SMILES string of the molecule is CCN(CC)C(=O)Cc1ccc(NC(=O)c2cc3ccccc3n2C)cc1. The van der Waals surface area contributed by atoms with Crippen LogP contribution in [0, 0.1) is 0 Å². The molecule has 0 aliphatic rings. The van der Waals surface area contributed by atoms with Crippen LogP contribution in [-0.2, 0) is 18.3 Å². The maximum absolute atomic E-state index is 12.6. The quantitative estimate of drug-likeness (QED) is 0.723. The number of nitrogens with one attached hydrogen (secondary N) is 1. The summed E-state index contributed by atoms with van der Waals surface area (Å²) in [7, 11) is 1.89. The topological polar surface area (TPSA) is 54.3 Å². The number of rotatable bonds is 6. The van der Waals surface area contributed by atoms with Crippen LogP contribution in [0.4, 0.5) is 5.69 Å². The number of para-hydroxylation sites is 1. The molecule has 5 heteroatoms. The molecule has 0 spiro atoms. The van der Waals surface area contributed by atoms with Gasteiger partial charge in [0.1, 0.15) is 5.69 Å². The second-order valence-electron chi connectivity index (χ2n) is 6.54. The third-order valence-corrected chi connectivity index (χ3v) is 4.87. The van der Waals surface area contributed by atoms with E-state index in [9.17, 15) is 9.59 Å². The van der Waals surface area contributed by atoms with Gasteiger partial charge >= 0.3 is 0 Å². The maximum atomic E-state index is 12.6. The number of benzene rings is 2. The molecule has 0 bridgehead atoms. The van der Waals surface area contributed by atoms with E-state index in [0.29, 0.717) is 30.9 Å². The van der Waals surface area contributed by atoms with Crippen LogP contribution in [0.15, 0.2) is 54.6 Å². The van der Waals surface area contributed by atoms with Crippen LogP contribution < -0.4 is 5.32 Å². The zero-order chi connectivity index (χ0) is 19.4. The number of fused-ring (bicyclic) bond motifs is 1. The molecule has 3 aromatic rings. The van der Waals surface area contributed by atoms with Crippen molar-refractivity contribution >= 4 is 28.4 Å². The second-order valence-corrected chi connectivity index (χ2v) is 6.54. The van der Waals surface area contributed by atoms with E-state index in [1.807, 2.05) is 85.0 Å². The number of hydrogen-bond acceptors (Lipinski definition) is 2. The Morgan fingerprint density at radius 1 is 1.00 bits per heavy atom. The van der Waals surface area contributed by atoms with Crippen LogP contribution in [0.2, 0.25) is 0 Å². The fourth-order valence-electron chi connectivity index (χ4n) is 3.27. The van der Waals surface area contributed by atoms with E-state index in [1.54, 1.807) is 0 Å². The van der Waals surface area contributed by atoms with Crippen LogP contribution >= 0.6 is 0 Å². The van der Waals surface area contributed by atoms with E-state index in [0.717, 1.165) is 16.5 Å². The molecule has 0 aliphatic carbocycles. The van der Waals surface area contributed by atoms with Crippen LogP contribution in [0.5, 0.6) is 0 Å². The van der Waals surface area contributed by atoms with Crippen molar-refractivity contribution in [1.82, 2.24) is 9.47 Å². The number of likely N-dealkylation sites (N-methyl/N-ethyl adjacent to an activating group) is 1. The molecular formula is C22H25N3O2. The minimum atomic E-state index is -0.152. The van der Waals surface area contributed by atoms with Gasteiger partial charge in [0.2, 0.25) is 5.91 Å². The summed E-state index contributed by atoms with van der Waals surface area (Å²) in [5.74, 6) is -0.0343. The predicted molar refractivity (Wildman–Crippen MR) is 109 cm³/mol. The summed E-state index contributed by atoms with van der Waals surface area (Å²) in [5.41, 5.74) is 3.28. The molecule has 0 radical (unpaired) electrons. The van der Waals surface area contributed by atoms with Crippen LogP contribution in [0.1, 0.15) is 29.9 Å². The standard InChI is InChI=1S/C22H25N3O2/c1-4-25(5-2)21(26)14-16-10-12-18(13-11-16)23-22(27)20-15-17-8-6-7-9-19(17)24(20)3/h6-13,15H,4-5,14H2,1-3H3,(H,23,27). The molecule has 0 atom stereocenters. The highest BCUT2D eigenvalue weighted by Crippen LogP contribution is 2.20. The Hall–Kier alpha value is -3.08. The molecule has 1 heterocycles. The van der Waals surface area contributed by atoms with E-state index < -0.39 is 0 Å². The lowest BCUT2D eigenvalue weighted by atomic mass is 10.1. The van der Waals surface area contributed by atoms with Crippen molar-refractivity contribution in [3.63, 3.8) is 0 Å². The fraction of sp³-hybridized carbons (Fsp3) is 0.273. The number of amides is 2. The summed E-state index contributed by atoms with van der Waals surface area (Å²) in [6.07, 6.45) is 0.374. The Morgan fingerprint density at radius 2 is 1.67 bits per heavy atom. The van der Waals surface area contributed by atoms with Gasteiger partial charge in [0.15, 0.2) is 0 Å². The average molecular weight is 363 g/mol. The molecule has 3 rings (SSSR count). The summed E-state index contributed by atoms with van der Waals surface area (Å²) >= 11 is 0. The summed E-state index contributed by atoms with van der Waals surface area (Å²) in [4.78, 5) is 26.7. The normalized spacial score (nSPS) is 10.8. The van der Waals surface area contributed by atoms with Gasteiger partial charge in [0.05, 0.1) is 6.42 Å². The molecule has 1 N–H and O–H groups in total. The van der Waals surface area contributed by atoms with Gasteiger partial charge in [-0.05, 0) is 43.7 Å². The lowest BCUT2D eigenvalue weighted by Gasteiger charge is -2.18. The molecule has 0 fully saturated rings. The number of hydrogen-bond donors (Lipinski definition) is 1. The first-order chi connectivity index (χ1) is 13.0. The van der Waals surface area contributed by atoms with Crippen molar-refractivity contribution in [1.29, 1.82) is 0 Å². The van der Waals surface area contributed by atoms with Gasteiger partial charge in [-0.15, -0.1) is 0 Å². The Kier molecular flexibility index (Phi) is 5.60. The van der Waals surface area contributed by atoms with Gasteiger partial charge in [0, 0.05) is 36.7 Å². The first kappa shape index (κ1) is 18.7. The van der Waals surface area contributed by atoms with Crippen LogP contribution in [0.3, 0.4) is 0 Å². The van der Waals surface area contributed by atoms with Crippen molar-refractivity contribution in [2.24, 2.45) is 7.05 Å². The van der Waals surface area contributed by atoms with Crippen LogP contribution in [-0.4, -0.2) is 34.4 Å². The molecule has 2 aromatic carbocycles. The third-order valence-electron chi connectivity index (χ3n) is 4.87. The Balaban J connectivity index is 1.69. The summed E-state index contributed by atoms with van der Waals surface area (Å²) in [5, 5.41) is 3.97. The number of carbonyl (C=O) groups excluding carboxylic acids is 2. The molecule has 5 nitrogen and oxygen atoms in total. The zero-order valence-corrected chi connectivity index (χ0v) is 16.0. The molecule has 0 unspecified atom stereocenters. The molecule has 2 amide bonds. The summed E-state index contributed by atoms with van der Waals surface area (Å²) < 4.78 is 1.89. The van der Waals surface area contributed by atoms with E-state index in [-0.39, 0.29) is 11.8 Å². The highest BCUT2D eigenvalue weighted by atomic mass is 16.2. The van der Waals surface area contributed by atoms with Gasteiger partial charge in [0.25, 0.3) is 5.91 Å². The number of aryl methyl sites for hydroxylation is 1. The minimum absolute atomic E-state index is 0.118. The lowest BCUT2D eigenvalue weighted by Crippen LogP contribution is -2.31. The predicted octanol–water partition coefficient (Wildman–Crippen LogP) is 3.84. The first-order valence-corrected chi connectivity index (χ1v) is 9.26. The maximum Gasteiger partial charge on any atom is 0.272 e. The van der Waals surface area contributed by atoms with Gasteiger partial charge in [-0.1, -0.05) is 30.3 Å². The van der Waals surface area contributed by atoms with Gasteiger partial charge < -0.3 is 14.8 Å². The number of carbonyl (C=O) groups is 2. The van der Waals surface area contributed by atoms with Gasteiger partial charge in [-0.2, -0.15) is 0 Å². The molecule has 140 valence electrons. The fourth-order valence-corrected chi connectivity index (χ4v) is 3.27. The van der Waals surface area contributed by atoms with Crippen molar-refractivity contribution in [3.8, 4) is 0 Å². The molecular weight excluding hydrogens is 338 g/mol. The molecule has 27 heavy (non-hydrogen) atoms. The number of aromatic nitrogens is 1. The third kappa shape index (κ3) is 4.03. The highest BCUT2D eigenvalue weighted by molar-refractivity contribution is 6.06. The largest absolute Gasteiger partial charge is 0.343 e. The molecule has 0 saturated heterocycles. The van der Waals surface area contributed by atoms with Crippen LogP contribution in [0.25, 0.3) is 10.9 Å². The average Bonchev–Trinajstić information content (AvgIpc) is 3.01. The highest BCUT2D eigenvalue weighted by Gasteiger charge is 2.14. The summed E-state index contributed by atoms with van der Waals surface area (Å²) in [6.45, 7) is 5.39. The second kappa shape index (κ2) is 8.08. The van der Waals surface area contributed by atoms with E-state index in [1.165, 1.54) is 0 Å². The first-order valence-electron chi connectivity index (χ1n) is 9.26. The Bertz CT molecular complexity index is 953. The zero-order valence-electron chi connectivity index (χ0n) is 16.0. The number of anilines is 1. The molecule has 0 aliphatic heterocycles. The van der Waals surface area contributed by atoms with Crippen molar-refractivity contribution < 1.29 is 9.59 Å². The van der Waals surface area contributed by atoms with Crippen molar-refractivity contribution in [3.05, 3.63) is 65.9 Å². The molecule has 1 aromatic heterocycles.